The van der Waals surface area contributed by atoms with Crippen LogP contribution < -0.4 is 5.32 Å². The van der Waals surface area contributed by atoms with E-state index >= 15 is 0 Å². The van der Waals surface area contributed by atoms with Crippen molar-refractivity contribution in [2.45, 2.75) is 38.8 Å². The summed E-state index contributed by atoms with van der Waals surface area (Å²) in [5.74, 6) is -1.05. The molecule has 1 heterocycles. The number of nitrogens with one attached hydrogen (secondary N) is 1. The van der Waals surface area contributed by atoms with E-state index in [1.165, 1.54) is 12.5 Å². The Bertz CT molecular complexity index is 405. The highest BCUT2D eigenvalue weighted by atomic mass is 16.4. The van der Waals surface area contributed by atoms with Gasteiger partial charge in [0.15, 0.2) is 0 Å². The van der Waals surface area contributed by atoms with Crippen molar-refractivity contribution in [2.75, 3.05) is 6.54 Å². The average Bonchev–Trinajstić information content (AvgIpc) is 2.39. The Morgan fingerprint density at radius 1 is 1.44 bits per heavy atom. The fourth-order valence-corrected chi connectivity index (χ4v) is 1.59. The van der Waals surface area contributed by atoms with Crippen molar-refractivity contribution in [1.82, 2.24) is 15.3 Å². The zero-order chi connectivity index (χ0) is 13.6. The quantitative estimate of drug-likeness (QED) is 0.665. The van der Waals surface area contributed by atoms with E-state index in [4.69, 9.17) is 5.11 Å². The second kappa shape index (κ2) is 6.42. The predicted molar refractivity (Wildman–Crippen MR) is 66.2 cm³/mol. The van der Waals surface area contributed by atoms with Gasteiger partial charge < -0.3 is 15.5 Å². The summed E-state index contributed by atoms with van der Waals surface area (Å²) in [4.78, 5) is 18.6. The van der Waals surface area contributed by atoms with Gasteiger partial charge in [-0.2, -0.15) is 0 Å². The van der Waals surface area contributed by atoms with Gasteiger partial charge in [0.05, 0.1) is 11.3 Å². The van der Waals surface area contributed by atoms with E-state index in [0.717, 1.165) is 0 Å². The lowest BCUT2D eigenvalue weighted by atomic mass is 9.97. The molecule has 1 aromatic rings. The minimum absolute atomic E-state index is 0.0848. The fraction of sp³-hybridized carbons (Fsp3) is 0.583. The Morgan fingerprint density at radius 2 is 2.11 bits per heavy atom. The number of rotatable bonds is 7. The molecular formula is C12H19N3O3. The first-order chi connectivity index (χ1) is 8.52. The summed E-state index contributed by atoms with van der Waals surface area (Å²) in [6.07, 6.45) is 3.88. The number of nitrogens with zero attached hydrogens (tertiary/aromatic N) is 2. The molecule has 0 amide bonds. The van der Waals surface area contributed by atoms with Gasteiger partial charge in [-0.15, -0.1) is 0 Å². The third-order valence-corrected chi connectivity index (χ3v) is 3.09. The largest absolute Gasteiger partial charge is 0.478 e. The Labute approximate surface area is 106 Å². The van der Waals surface area contributed by atoms with Crippen LogP contribution in [0.2, 0.25) is 0 Å². The first kappa shape index (κ1) is 14.5. The summed E-state index contributed by atoms with van der Waals surface area (Å²) in [6, 6.07) is 0. The van der Waals surface area contributed by atoms with Gasteiger partial charge in [0.1, 0.15) is 11.9 Å². The third-order valence-electron chi connectivity index (χ3n) is 3.09. The van der Waals surface area contributed by atoms with Crippen molar-refractivity contribution < 1.29 is 15.0 Å². The van der Waals surface area contributed by atoms with Crippen LogP contribution in [0.4, 0.5) is 0 Å². The van der Waals surface area contributed by atoms with Crippen LogP contribution >= 0.6 is 0 Å². The minimum atomic E-state index is -1.05. The number of hydrogen-bond donors (Lipinski definition) is 3. The topological polar surface area (TPSA) is 95.3 Å². The first-order valence-corrected chi connectivity index (χ1v) is 5.97. The number of carboxylic acid groups (broad SMARTS) is 1. The van der Waals surface area contributed by atoms with Crippen LogP contribution in [0.5, 0.6) is 0 Å². The van der Waals surface area contributed by atoms with E-state index in [-0.39, 0.29) is 5.56 Å². The normalized spacial score (nSPS) is 11.5. The van der Waals surface area contributed by atoms with Crippen LogP contribution in [0.1, 0.15) is 42.7 Å². The van der Waals surface area contributed by atoms with Crippen molar-refractivity contribution in [3.63, 3.8) is 0 Å². The van der Waals surface area contributed by atoms with E-state index in [2.05, 4.69) is 15.3 Å². The molecule has 0 unspecified atom stereocenters. The van der Waals surface area contributed by atoms with Gasteiger partial charge in [-0.05, 0) is 12.8 Å². The monoisotopic (exact) mass is 253 g/mol. The Balaban J connectivity index is 2.62. The van der Waals surface area contributed by atoms with Gasteiger partial charge >= 0.3 is 5.97 Å². The zero-order valence-corrected chi connectivity index (χ0v) is 10.7. The highest BCUT2D eigenvalue weighted by Gasteiger charge is 2.21. The van der Waals surface area contributed by atoms with Crippen LogP contribution in [-0.4, -0.2) is 38.3 Å². The van der Waals surface area contributed by atoms with Crippen LogP contribution in [0, 0.1) is 0 Å². The highest BCUT2D eigenvalue weighted by Crippen LogP contribution is 2.13. The molecule has 0 atom stereocenters. The number of hydrogen-bond acceptors (Lipinski definition) is 5. The number of aromatic nitrogens is 2. The first-order valence-electron chi connectivity index (χ1n) is 5.97. The molecule has 0 radical (unpaired) electrons. The Morgan fingerprint density at radius 3 is 2.67 bits per heavy atom. The van der Waals surface area contributed by atoms with Crippen molar-refractivity contribution in [3.05, 3.63) is 23.8 Å². The molecule has 18 heavy (non-hydrogen) atoms. The van der Waals surface area contributed by atoms with Gasteiger partial charge in [0.25, 0.3) is 0 Å². The van der Waals surface area contributed by atoms with Crippen LogP contribution in [-0.2, 0) is 6.54 Å². The van der Waals surface area contributed by atoms with E-state index in [0.29, 0.717) is 31.6 Å². The standard InChI is InChI=1S/C12H19N3O3/c1-3-12(18,4-2)7-13-6-10-9(11(16)17)5-14-8-15-10/h5,8,13,18H,3-4,6-7H2,1-2H3,(H,16,17). The number of carboxylic acids is 1. The maximum Gasteiger partial charge on any atom is 0.339 e. The molecule has 6 nitrogen and oxygen atoms in total. The van der Waals surface area contributed by atoms with Gasteiger partial charge in [-0.25, -0.2) is 14.8 Å². The number of aromatic carboxylic acids is 1. The second-order valence-corrected chi connectivity index (χ2v) is 4.22. The fourth-order valence-electron chi connectivity index (χ4n) is 1.59. The average molecular weight is 253 g/mol. The molecule has 0 spiro atoms. The molecule has 0 fully saturated rings. The zero-order valence-electron chi connectivity index (χ0n) is 10.7. The lowest BCUT2D eigenvalue weighted by molar-refractivity contribution is 0.0322. The molecular weight excluding hydrogens is 234 g/mol. The number of aliphatic hydroxyl groups is 1. The third kappa shape index (κ3) is 3.75. The highest BCUT2D eigenvalue weighted by molar-refractivity contribution is 5.88. The molecule has 0 aromatic carbocycles. The summed E-state index contributed by atoms with van der Waals surface area (Å²) in [7, 11) is 0. The molecule has 0 aliphatic rings. The molecule has 3 N–H and O–H groups in total. The number of carbonyl (C=O) groups is 1. The summed E-state index contributed by atoms with van der Waals surface area (Å²) in [6.45, 7) is 4.53. The summed E-state index contributed by atoms with van der Waals surface area (Å²) < 4.78 is 0. The molecule has 0 bridgehead atoms. The molecule has 0 saturated heterocycles. The maximum absolute atomic E-state index is 10.9. The van der Waals surface area contributed by atoms with Crippen molar-refractivity contribution in [1.29, 1.82) is 0 Å². The van der Waals surface area contributed by atoms with Crippen LogP contribution in [0.3, 0.4) is 0 Å². The smallest absolute Gasteiger partial charge is 0.339 e. The molecule has 1 rings (SSSR count). The molecule has 100 valence electrons. The summed E-state index contributed by atoms with van der Waals surface area (Å²) >= 11 is 0. The van der Waals surface area contributed by atoms with E-state index in [1.807, 2.05) is 13.8 Å². The van der Waals surface area contributed by atoms with Gasteiger partial charge in [-0.1, -0.05) is 13.8 Å². The van der Waals surface area contributed by atoms with E-state index in [1.54, 1.807) is 0 Å². The van der Waals surface area contributed by atoms with Crippen molar-refractivity contribution >= 4 is 5.97 Å². The second-order valence-electron chi connectivity index (χ2n) is 4.22. The summed E-state index contributed by atoms with van der Waals surface area (Å²) in [5.41, 5.74) is -0.246. The van der Waals surface area contributed by atoms with Crippen LogP contribution in [0.15, 0.2) is 12.5 Å². The molecule has 6 heteroatoms. The van der Waals surface area contributed by atoms with Crippen LogP contribution in [0.25, 0.3) is 0 Å². The van der Waals surface area contributed by atoms with Gasteiger partial charge in [0, 0.05) is 19.3 Å². The SMILES string of the molecule is CCC(O)(CC)CNCc1ncncc1C(=O)O. The lowest BCUT2D eigenvalue weighted by Gasteiger charge is -2.25. The molecule has 0 aliphatic heterocycles. The van der Waals surface area contributed by atoms with E-state index in [9.17, 15) is 9.90 Å². The predicted octanol–water partition coefficient (Wildman–Crippen LogP) is 0.815. The van der Waals surface area contributed by atoms with Gasteiger partial charge in [-0.3, -0.25) is 0 Å². The summed E-state index contributed by atoms with van der Waals surface area (Å²) in [5, 5.41) is 22.1. The van der Waals surface area contributed by atoms with Gasteiger partial charge in [0.2, 0.25) is 0 Å². The molecule has 1 aromatic heterocycles. The molecule has 0 aliphatic carbocycles. The molecule has 0 saturated carbocycles. The Kier molecular flexibility index (Phi) is 5.18. The van der Waals surface area contributed by atoms with Crippen molar-refractivity contribution in [2.24, 2.45) is 0 Å². The lowest BCUT2D eigenvalue weighted by Crippen LogP contribution is -2.39. The van der Waals surface area contributed by atoms with Crippen molar-refractivity contribution in [3.8, 4) is 0 Å². The van der Waals surface area contributed by atoms with E-state index < -0.39 is 11.6 Å². The maximum atomic E-state index is 10.9. The minimum Gasteiger partial charge on any atom is -0.478 e. The Hall–Kier alpha value is -1.53.